The second-order valence-corrected chi connectivity index (χ2v) is 6.04. The predicted octanol–water partition coefficient (Wildman–Crippen LogP) is 1.91. The Bertz CT molecular complexity index is 755. The smallest absolute Gasteiger partial charge is 0.322 e. The van der Waals surface area contributed by atoms with E-state index in [0.717, 1.165) is 19.3 Å². The standard InChI is InChI=1S/C17H21N5O2/c1-21(15-8-4-6-12-5-2-3-7-14(12)15)17(24)20-13-9-19-22(10-13)11-16(18)23/h2-3,5,7,9-10,15H,4,6,8,11H2,1H3,(H2,18,23)(H,20,24)/t15-/m0/s1. The van der Waals surface area contributed by atoms with Crippen molar-refractivity contribution in [1.29, 1.82) is 0 Å². The molecule has 1 aromatic heterocycles. The normalized spacial score (nSPS) is 16.3. The third-order valence-electron chi connectivity index (χ3n) is 4.33. The maximum atomic E-state index is 12.5. The molecule has 1 aliphatic carbocycles. The fraction of sp³-hybridized carbons (Fsp3) is 0.353. The summed E-state index contributed by atoms with van der Waals surface area (Å²) in [6.07, 6.45) is 6.16. The fourth-order valence-electron chi connectivity index (χ4n) is 3.16. The Morgan fingerprint density at radius 2 is 2.21 bits per heavy atom. The van der Waals surface area contributed by atoms with Gasteiger partial charge in [-0.05, 0) is 30.4 Å². The Kier molecular flexibility index (Phi) is 4.50. The molecule has 0 saturated carbocycles. The first-order valence-electron chi connectivity index (χ1n) is 7.97. The zero-order valence-corrected chi connectivity index (χ0v) is 13.6. The van der Waals surface area contributed by atoms with E-state index < -0.39 is 5.91 Å². The number of nitrogens with zero attached hydrogens (tertiary/aromatic N) is 3. The average Bonchev–Trinajstić information content (AvgIpc) is 2.99. The van der Waals surface area contributed by atoms with E-state index in [0.29, 0.717) is 5.69 Å². The van der Waals surface area contributed by atoms with E-state index in [1.165, 1.54) is 22.0 Å². The molecule has 0 spiro atoms. The summed E-state index contributed by atoms with van der Waals surface area (Å²) >= 11 is 0. The molecule has 24 heavy (non-hydrogen) atoms. The lowest BCUT2D eigenvalue weighted by atomic mass is 9.87. The highest BCUT2D eigenvalue weighted by Gasteiger charge is 2.26. The van der Waals surface area contributed by atoms with Gasteiger partial charge in [0.25, 0.3) is 0 Å². The molecule has 7 heteroatoms. The minimum Gasteiger partial charge on any atom is -0.368 e. The number of carbonyl (C=O) groups is 2. The number of nitrogens with one attached hydrogen (secondary N) is 1. The minimum atomic E-state index is -0.480. The Hall–Kier alpha value is -2.83. The molecule has 2 aromatic rings. The number of benzene rings is 1. The van der Waals surface area contributed by atoms with Crippen LogP contribution in [0, 0.1) is 0 Å². The van der Waals surface area contributed by atoms with Crippen molar-refractivity contribution >= 4 is 17.6 Å². The monoisotopic (exact) mass is 327 g/mol. The molecule has 0 unspecified atom stereocenters. The van der Waals surface area contributed by atoms with Crippen molar-refractivity contribution in [3.05, 3.63) is 47.8 Å². The molecule has 7 nitrogen and oxygen atoms in total. The molecule has 0 bridgehead atoms. The van der Waals surface area contributed by atoms with Crippen molar-refractivity contribution in [2.24, 2.45) is 5.73 Å². The first-order valence-corrected chi connectivity index (χ1v) is 7.97. The molecule has 1 heterocycles. The zero-order chi connectivity index (χ0) is 17.1. The molecule has 0 aliphatic heterocycles. The van der Waals surface area contributed by atoms with E-state index in [1.807, 2.05) is 12.1 Å². The highest BCUT2D eigenvalue weighted by molar-refractivity contribution is 5.89. The van der Waals surface area contributed by atoms with E-state index in [4.69, 9.17) is 5.73 Å². The number of rotatable bonds is 4. The zero-order valence-electron chi connectivity index (χ0n) is 13.6. The van der Waals surface area contributed by atoms with Gasteiger partial charge in [0.1, 0.15) is 6.54 Å². The van der Waals surface area contributed by atoms with Crippen molar-refractivity contribution in [2.75, 3.05) is 12.4 Å². The van der Waals surface area contributed by atoms with Crippen LogP contribution in [-0.4, -0.2) is 33.7 Å². The third-order valence-corrected chi connectivity index (χ3v) is 4.33. The van der Waals surface area contributed by atoms with Gasteiger partial charge in [0.15, 0.2) is 0 Å². The van der Waals surface area contributed by atoms with Gasteiger partial charge in [-0.15, -0.1) is 0 Å². The third kappa shape index (κ3) is 3.40. The Balaban J connectivity index is 1.69. The molecule has 3 rings (SSSR count). The minimum absolute atomic E-state index is 0.0122. The Labute approximate surface area is 140 Å². The molecule has 1 aliphatic rings. The van der Waals surface area contributed by atoms with Crippen LogP contribution in [0.5, 0.6) is 0 Å². The quantitative estimate of drug-likeness (QED) is 0.898. The van der Waals surface area contributed by atoms with Crippen LogP contribution in [-0.2, 0) is 17.8 Å². The van der Waals surface area contributed by atoms with Gasteiger partial charge in [-0.2, -0.15) is 5.10 Å². The lowest BCUT2D eigenvalue weighted by Gasteiger charge is -2.33. The number of urea groups is 1. The SMILES string of the molecule is CN(C(=O)Nc1cnn(CC(N)=O)c1)[C@H]1CCCc2ccccc21. The van der Waals surface area contributed by atoms with Gasteiger partial charge in [0.2, 0.25) is 5.91 Å². The van der Waals surface area contributed by atoms with Crippen LogP contribution >= 0.6 is 0 Å². The molecule has 3 N–H and O–H groups in total. The van der Waals surface area contributed by atoms with Gasteiger partial charge in [-0.1, -0.05) is 24.3 Å². The summed E-state index contributed by atoms with van der Waals surface area (Å²) in [6.45, 7) is -0.0122. The van der Waals surface area contributed by atoms with Crippen molar-refractivity contribution in [2.45, 2.75) is 31.8 Å². The number of amides is 3. The topological polar surface area (TPSA) is 93.2 Å². The molecule has 126 valence electrons. The van der Waals surface area contributed by atoms with Gasteiger partial charge in [-0.3, -0.25) is 9.48 Å². The molecule has 0 fully saturated rings. The lowest BCUT2D eigenvalue weighted by Crippen LogP contribution is -2.36. The van der Waals surface area contributed by atoms with Crippen LogP contribution < -0.4 is 11.1 Å². The van der Waals surface area contributed by atoms with E-state index in [-0.39, 0.29) is 18.6 Å². The number of aryl methyl sites for hydroxylation is 1. The summed E-state index contributed by atoms with van der Waals surface area (Å²) < 4.78 is 1.40. The van der Waals surface area contributed by atoms with Gasteiger partial charge < -0.3 is 16.0 Å². The van der Waals surface area contributed by atoms with Gasteiger partial charge in [-0.25, -0.2) is 4.79 Å². The summed E-state index contributed by atoms with van der Waals surface area (Å²) in [7, 11) is 1.80. The second-order valence-electron chi connectivity index (χ2n) is 6.04. The van der Waals surface area contributed by atoms with E-state index >= 15 is 0 Å². The lowest BCUT2D eigenvalue weighted by molar-refractivity contribution is -0.118. The molecule has 0 saturated heterocycles. The summed E-state index contributed by atoms with van der Waals surface area (Å²) in [4.78, 5) is 25.2. The van der Waals surface area contributed by atoms with Crippen molar-refractivity contribution in [3.63, 3.8) is 0 Å². The second kappa shape index (κ2) is 6.74. The number of anilines is 1. The van der Waals surface area contributed by atoms with Crippen LogP contribution in [0.2, 0.25) is 0 Å². The number of primary amides is 1. The van der Waals surface area contributed by atoms with Gasteiger partial charge in [0, 0.05) is 13.2 Å². The van der Waals surface area contributed by atoms with Crippen LogP contribution in [0.3, 0.4) is 0 Å². The van der Waals surface area contributed by atoms with Gasteiger partial charge in [0.05, 0.1) is 17.9 Å². The van der Waals surface area contributed by atoms with Crippen LogP contribution in [0.1, 0.15) is 30.0 Å². The fourth-order valence-corrected chi connectivity index (χ4v) is 3.16. The van der Waals surface area contributed by atoms with E-state index in [2.05, 4.69) is 22.5 Å². The van der Waals surface area contributed by atoms with E-state index in [1.54, 1.807) is 18.1 Å². The predicted molar refractivity (Wildman–Crippen MR) is 90.3 cm³/mol. The highest BCUT2D eigenvalue weighted by atomic mass is 16.2. The Morgan fingerprint density at radius 1 is 1.42 bits per heavy atom. The van der Waals surface area contributed by atoms with Gasteiger partial charge >= 0.3 is 6.03 Å². The number of aromatic nitrogens is 2. The van der Waals surface area contributed by atoms with Crippen LogP contribution in [0.15, 0.2) is 36.7 Å². The summed E-state index contributed by atoms with van der Waals surface area (Å²) in [5.41, 5.74) is 8.19. The Morgan fingerprint density at radius 3 is 3.00 bits per heavy atom. The number of fused-ring (bicyclic) bond motifs is 1. The van der Waals surface area contributed by atoms with Crippen LogP contribution in [0.4, 0.5) is 10.5 Å². The summed E-state index contributed by atoms with van der Waals surface area (Å²) in [5, 5.41) is 6.81. The summed E-state index contributed by atoms with van der Waals surface area (Å²) in [6, 6.07) is 8.13. The maximum Gasteiger partial charge on any atom is 0.322 e. The summed E-state index contributed by atoms with van der Waals surface area (Å²) in [5.74, 6) is -0.480. The first kappa shape index (κ1) is 16.0. The molecule has 1 atom stereocenters. The number of carbonyl (C=O) groups excluding carboxylic acids is 2. The molecular formula is C17H21N5O2. The van der Waals surface area contributed by atoms with E-state index in [9.17, 15) is 9.59 Å². The van der Waals surface area contributed by atoms with Crippen molar-refractivity contribution in [3.8, 4) is 0 Å². The number of hydrogen-bond donors (Lipinski definition) is 2. The molecule has 0 radical (unpaired) electrons. The van der Waals surface area contributed by atoms with Crippen LogP contribution in [0.25, 0.3) is 0 Å². The number of nitrogens with two attached hydrogens (primary N) is 1. The largest absolute Gasteiger partial charge is 0.368 e. The molecular weight excluding hydrogens is 306 g/mol. The van der Waals surface area contributed by atoms with Crippen molar-refractivity contribution < 1.29 is 9.59 Å². The molecule has 3 amide bonds. The first-order chi connectivity index (χ1) is 11.5. The van der Waals surface area contributed by atoms with Crippen molar-refractivity contribution in [1.82, 2.24) is 14.7 Å². The highest BCUT2D eigenvalue weighted by Crippen LogP contribution is 2.33. The maximum absolute atomic E-state index is 12.5. The number of hydrogen-bond acceptors (Lipinski definition) is 3. The molecule has 1 aromatic carbocycles. The average molecular weight is 327 g/mol.